The highest BCUT2D eigenvalue weighted by molar-refractivity contribution is 5.22. The maximum absolute atomic E-state index is 5.54. The summed E-state index contributed by atoms with van der Waals surface area (Å²) in [5.41, 5.74) is 8.25. The largest absolute Gasteiger partial charge is 0.383 e. The maximum Gasteiger partial charge on any atom is 0.0615 e. The van der Waals surface area contributed by atoms with Crippen LogP contribution in [0.25, 0.3) is 0 Å². The Morgan fingerprint density at radius 3 is 2.89 bits per heavy atom. The standard InChI is InChI=1S/C15H26N2O/c1-13-5-3-6-14(11-13)8-10-17-15(12-18-2)7-4-9-16/h3,5-6,11,15,17H,4,7-10,12,16H2,1-2H3. The Morgan fingerprint density at radius 1 is 1.39 bits per heavy atom. The Kier molecular flexibility index (Phi) is 7.65. The van der Waals surface area contributed by atoms with Crippen LogP contribution in [0.4, 0.5) is 0 Å². The third-order valence-electron chi connectivity index (χ3n) is 3.05. The van der Waals surface area contributed by atoms with E-state index < -0.39 is 0 Å². The summed E-state index contributed by atoms with van der Waals surface area (Å²) in [6.45, 7) is 4.63. The SMILES string of the molecule is COCC(CCCN)NCCc1cccc(C)c1. The van der Waals surface area contributed by atoms with E-state index >= 15 is 0 Å². The van der Waals surface area contributed by atoms with Crippen LogP contribution < -0.4 is 11.1 Å². The van der Waals surface area contributed by atoms with E-state index in [2.05, 4.69) is 36.5 Å². The fraction of sp³-hybridized carbons (Fsp3) is 0.600. The van der Waals surface area contributed by atoms with Crippen LogP contribution >= 0.6 is 0 Å². The van der Waals surface area contributed by atoms with Crippen molar-refractivity contribution in [3.05, 3.63) is 35.4 Å². The second-order valence-corrected chi connectivity index (χ2v) is 4.78. The highest BCUT2D eigenvalue weighted by atomic mass is 16.5. The van der Waals surface area contributed by atoms with E-state index in [0.717, 1.165) is 39.0 Å². The van der Waals surface area contributed by atoms with Crippen LogP contribution in [-0.4, -0.2) is 32.8 Å². The highest BCUT2D eigenvalue weighted by Crippen LogP contribution is 2.04. The molecule has 0 aliphatic carbocycles. The normalized spacial score (nSPS) is 12.6. The van der Waals surface area contributed by atoms with Gasteiger partial charge in [0, 0.05) is 13.2 Å². The Bertz CT molecular complexity index is 328. The van der Waals surface area contributed by atoms with Crippen molar-refractivity contribution in [3.8, 4) is 0 Å². The average Bonchev–Trinajstić information content (AvgIpc) is 2.36. The van der Waals surface area contributed by atoms with E-state index in [1.807, 2.05) is 0 Å². The Hall–Kier alpha value is -0.900. The van der Waals surface area contributed by atoms with Gasteiger partial charge in [0.1, 0.15) is 0 Å². The zero-order valence-electron chi connectivity index (χ0n) is 11.6. The number of nitrogens with one attached hydrogen (secondary N) is 1. The Balaban J connectivity index is 2.29. The quantitative estimate of drug-likeness (QED) is 0.703. The molecule has 0 heterocycles. The lowest BCUT2D eigenvalue weighted by molar-refractivity contribution is 0.162. The van der Waals surface area contributed by atoms with Crippen LogP contribution in [0.3, 0.4) is 0 Å². The number of rotatable bonds is 9. The predicted octanol–water partition coefficient (Wildman–Crippen LogP) is 1.88. The van der Waals surface area contributed by atoms with Gasteiger partial charge in [0.25, 0.3) is 0 Å². The summed E-state index contributed by atoms with van der Waals surface area (Å²) in [6, 6.07) is 9.09. The van der Waals surface area contributed by atoms with Gasteiger partial charge in [-0.05, 0) is 44.8 Å². The van der Waals surface area contributed by atoms with Gasteiger partial charge in [0.15, 0.2) is 0 Å². The topological polar surface area (TPSA) is 47.3 Å². The lowest BCUT2D eigenvalue weighted by Crippen LogP contribution is -2.35. The van der Waals surface area contributed by atoms with Crippen molar-refractivity contribution in [2.45, 2.75) is 32.2 Å². The second kappa shape index (κ2) is 9.09. The summed E-state index contributed by atoms with van der Waals surface area (Å²) >= 11 is 0. The molecule has 0 aliphatic heterocycles. The van der Waals surface area contributed by atoms with Crippen molar-refractivity contribution in [1.29, 1.82) is 0 Å². The van der Waals surface area contributed by atoms with Crippen molar-refractivity contribution >= 4 is 0 Å². The number of methoxy groups -OCH3 is 1. The van der Waals surface area contributed by atoms with Crippen LogP contribution in [0.15, 0.2) is 24.3 Å². The van der Waals surface area contributed by atoms with E-state index in [0.29, 0.717) is 6.04 Å². The summed E-state index contributed by atoms with van der Waals surface area (Å²) in [6.07, 6.45) is 3.19. The van der Waals surface area contributed by atoms with Crippen molar-refractivity contribution in [1.82, 2.24) is 5.32 Å². The molecule has 0 saturated heterocycles. The van der Waals surface area contributed by atoms with E-state index in [9.17, 15) is 0 Å². The zero-order chi connectivity index (χ0) is 13.2. The molecule has 1 atom stereocenters. The number of benzene rings is 1. The van der Waals surface area contributed by atoms with Crippen molar-refractivity contribution < 1.29 is 4.74 Å². The number of ether oxygens (including phenoxy) is 1. The van der Waals surface area contributed by atoms with Crippen LogP contribution in [0.2, 0.25) is 0 Å². The first-order chi connectivity index (χ1) is 8.76. The first kappa shape index (κ1) is 15.2. The first-order valence-electron chi connectivity index (χ1n) is 6.74. The summed E-state index contributed by atoms with van der Waals surface area (Å²) in [5, 5.41) is 3.54. The van der Waals surface area contributed by atoms with E-state index in [4.69, 9.17) is 10.5 Å². The molecule has 0 aromatic heterocycles. The molecular weight excluding hydrogens is 224 g/mol. The molecular formula is C15H26N2O. The third-order valence-corrected chi connectivity index (χ3v) is 3.05. The smallest absolute Gasteiger partial charge is 0.0615 e. The van der Waals surface area contributed by atoms with Gasteiger partial charge < -0.3 is 15.8 Å². The number of aryl methyl sites for hydroxylation is 1. The minimum atomic E-state index is 0.420. The van der Waals surface area contributed by atoms with Crippen molar-refractivity contribution in [2.24, 2.45) is 5.73 Å². The van der Waals surface area contributed by atoms with Gasteiger partial charge in [0.05, 0.1) is 6.61 Å². The molecule has 1 aromatic carbocycles. The van der Waals surface area contributed by atoms with Crippen molar-refractivity contribution in [3.63, 3.8) is 0 Å². The van der Waals surface area contributed by atoms with Crippen LogP contribution in [0.5, 0.6) is 0 Å². The fourth-order valence-corrected chi connectivity index (χ4v) is 2.10. The van der Waals surface area contributed by atoms with Gasteiger partial charge in [-0.25, -0.2) is 0 Å². The first-order valence-corrected chi connectivity index (χ1v) is 6.74. The molecule has 0 amide bonds. The molecule has 102 valence electrons. The van der Waals surface area contributed by atoms with E-state index in [1.54, 1.807) is 7.11 Å². The second-order valence-electron chi connectivity index (χ2n) is 4.78. The van der Waals surface area contributed by atoms with Gasteiger partial charge in [-0.15, -0.1) is 0 Å². The Morgan fingerprint density at radius 2 is 2.22 bits per heavy atom. The third kappa shape index (κ3) is 6.15. The van der Waals surface area contributed by atoms with E-state index in [-0.39, 0.29) is 0 Å². The fourth-order valence-electron chi connectivity index (χ4n) is 2.10. The zero-order valence-corrected chi connectivity index (χ0v) is 11.6. The molecule has 1 rings (SSSR count). The molecule has 0 saturated carbocycles. The molecule has 3 N–H and O–H groups in total. The maximum atomic E-state index is 5.54. The molecule has 3 nitrogen and oxygen atoms in total. The lowest BCUT2D eigenvalue weighted by atomic mass is 10.1. The lowest BCUT2D eigenvalue weighted by Gasteiger charge is -2.17. The molecule has 0 aliphatic rings. The van der Waals surface area contributed by atoms with Crippen LogP contribution in [0, 0.1) is 6.92 Å². The number of hydrogen-bond donors (Lipinski definition) is 2. The summed E-state index contributed by atoms with van der Waals surface area (Å²) < 4.78 is 5.22. The molecule has 1 aromatic rings. The van der Waals surface area contributed by atoms with Crippen LogP contribution in [-0.2, 0) is 11.2 Å². The summed E-state index contributed by atoms with van der Waals surface area (Å²) in [4.78, 5) is 0. The average molecular weight is 250 g/mol. The van der Waals surface area contributed by atoms with Gasteiger partial charge >= 0.3 is 0 Å². The van der Waals surface area contributed by atoms with Gasteiger partial charge in [0.2, 0.25) is 0 Å². The van der Waals surface area contributed by atoms with Gasteiger partial charge in [-0.2, -0.15) is 0 Å². The minimum absolute atomic E-state index is 0.420. The molecule has 18 heavy (non-hydrogen) atoms. The molecule has 0 spiro atoms. The highest BCUT2D eigenvalue weighted by Gasteiger charge is 2.06. The summed E-state index contributed by atoms with van der Waals surface area (Å²) in [7, 11) is 1.75. The van der Waals surface area contributed by atoms with Crippen molar-refractivity contribution in [2.75, 3.05) is 26.8 Å². The van der Waals surface area contributed by atoms with Gasteiger partial charge in [-0.1, -0.05) is 29.8 Å². The van der Waals surface area contributed by atoms with Gasteiger partial charge in [-0.3, -0.25) is 0 Å². The Labute approximate surface area is 111 Å². The van der Waals surface area contributed by atoms with E-state index in [1.165, 1.54) is 11.1 Å². The number of hydrogen-bond acceptors (Lipinski definition) is 3. The van der Waals surface area contributed by atoms with Crippen LogP contribution in [0.1, 0.15) is 24.0 Å². The summed E-state index contributed by atoms with van der Waals surface area (Å²) in [5.74, 6) is 0. The molecule has 0 bridgehead atoms. The minimum Gasteiger partial charge on any atom is -0.383 e. The monoisotopic (exact) mass is 250 g/mol. The molecule has 0 fully saturated rings. The number of nitrogens with two attached hydrogens (primary N) is 1. The molecule has 3 heteroatoms. The molecule has 1 unspecified atom stereocenters. The molecule has 0 radical (unpaired) electrons. The predicted molar refractivity (Wildman–Crippen MR) is 76.8 cm³/mol.